The number of fused-ring (bicyclic) bond motifs is 2. The van der Waals surface area contributed by atoms with E-state index in [1.54, 1.807) is 14.2 Å². The predicted octanol–water partition coefficient (Wildman–Crippen LogP) is 4.57. The van der Waals surface area contributed by atoms with Crippen molar-refractivity contribution in [2.75, 3.05) is 27.3 Å². The highest BCUT2D eigenvalue weighted by Gasteiger charge is 2.19. The molecule has 0 unspecified atom stereocenters. The first-order valence-corrected chi connectivity index (χ1v) is 9.79. The van der Waals surface area contributed by atoms with Gasteiger partial charge in [-0.25, -0.2) is 0 Å². The maximum absolute atomic E-state index is 5.47. The molecule has 4 rings (SSSR count). The molecule has 0 bridgehead atoms. The van der Waals surface area contributed by atoms with E-state index in [2.05, 4.69) is 52.5 Å². The normalized spacial score (nSPS) is 14.3. The van der Waals surface area contributed by atoms with E-state index in [9.17, 15) is 0 Å². The summed E-state index contributed by atoms with van der Waals surface area (Å²) in [4.78, 5) is 5.94. The van der Waals surface area contributed by atoms with Gasteiger partial charge in [0, 0.05) is 30.2 Å². The van der Waals surface area contributed by atoms with E-state index in [4.69, 9.17) is 9.47 Å². The first-order chi connectivity index (χ1) is 13.3. The number of hydrogen-bond donors (Lipinski definition) is 1. The van der Waals surface area contributed by atoms with Gasteiger partial charge in [-0.05, 0) is 67.1 Å². The van der Waals surface area contributed by atoms with Crippen LogP contribution in [0.1, 0.15) is 29.5 Å². The van der Waals surface area contributed by atoms with Crippen LogP contribution < -0.4 is 9.47 Å². The van der Waals surface area contributed by atoms with Crippen molar-refractivity contribution in [2.24, 2.45) is 0 Å². The number of aromatic nitrogens is 1. The Kier molecular flexibility index (Phi) is 5.35. The summed E-state index contributed by atoms with van der Waals surface area (Å²) >= 11 is 0. The lowest BCUT2D eigenvalue weighted by Crippen LogP contribution is -2.31. The zero-order valence-corrected chi connectivity index (χ0v) is 16.3. The van der Waals surface area contributed by atoms with Crippen LogP contribution in [-0.4, -0.2) is 37.2 Å². The van der Waals surface area contributed by atoms with E-state index in [0.29, 0.717) is 0 Å². The van der Waals surface area contributed by atoms with Crippen LogP contribution in [-0.2, 0) is 19.4 Å². The Bertz CT molecular complexity index is 916. The molecule has 4 nitrogen and oxygen atoms in total. The van der Waals surface area contributed by atoms with Gasteiger partial charge in [-0.1, -0.05) is 18.2 Å². The minimum atomic E-state index is 0.831. The van der Waals surface area contributed by atoms with Gasteiger partial charge >= 0.3 is 0 Å². The summed E-state index contributed by atoms with van der Waals surface area (Å²) < 4.78 is 10.9. The minimum Gasteiger partial charge on any atom is -0.493 e. The van der Waals surface area contributed by atoms with Gasteiger partial charge in [0.1, 0.15) is 0 Å². The molecule has 0 fully saturated rings. The second-order valence-electron chi connectivity index (χ2n) is 7.32. The molecular formula is C23H28N2O2. The Morgan fingerprint density at radius 1 is 1.00 bits per heavy atom. The second-order valence-corrected chi connectivity index (χ2v) is 7.32. The molecule has 142 valence electrons. The van der Waals surface area contributed by atoms with Crippen LogP contribution in [0.5, 0.6) is 11.5 Å². The lowest BCUT2D eigenvalue weighted by Gasteiger charge is -2.29. The highest BCUT2D eigenvalue weighted by Crippen LogP contribution is 2.33. The van der Waals surface area contributed by atoms with Gasteiger partial charge in [-0.2, -0.15) is 0 Å². The summed E-state index contributed by atoms with van der Waals surface area (Å²) in [5.74, 6) is 1.67. The number of methoxy groups -OCH3 is 2. The SMILES string of the molecule is COc1cc2c(cc1OC)CN(CCCCc1c[nH]c3ccccc13)CC2. The van der Waals surface area contributed by atoms with Gasteiger partial charge < -0.3 is 14.5 Å². The Morgan fingerprint density at radius 3 is 2.59 bits per heavy atom. The van der Waals surface area contributed by atoms with Crippen LogP contribution in [0, 0.1) is 0 Å². The fraction of sp³-hybridized carbons (Fsp3) is 0.391. The van der Waals surface area contributed by atoms with Crippen molar-refractivity contribution < 1.29 is 9.47 Å². The molecule has 0 amide bonds. The molecule has 0 atom stereocenters. The first kappa shape index (κ1) is 17.9. The predicted molar refractivity (Wildman–Crippen MR) is 110 cm³/mol. The van der Waals surface area contributed by atoms with Crippen molar-refractivity contribution in [3.8, 4) is 11.5 Å². The lowest BCUT2D eigenvalue weighted by atomic mass is 9.98. The van der Waals surface area contributed by atoms with E-state index >= 15 is 0 Å². The van der Waals surface area contributed by atoms with E-state index in [1.165, 1.54) is 40.4 Å². The van der Waals surface area contributed by atoms with Crippen LogP contribution in [0.2, 0.25) is 0 Å². The van der Waals surface area contributed by atoms with E-state index in [1.807, 2.05) is 0 Å². The maximum Gasteiger partial charge on any atom is 0.161 e. The third kappa shape index (κ3) is 3.81. The van der Waals surface area contributed by atoms with Crippen molar-refractivity contribution in [2.45, 2.75) is 32.2 Å². The average molecular weight is 364 g/mol. The summed E-state index contributed by atoms with van der Waals surface area (Å²) in [6, 6.07) is 12.8. The molecule has 1 aliphatic rings. The standard InChI is InChI=1S/C23H28N2O2/c1-26-22-13-17-10-12-25(16-19(17)14-23(22)27-2)11-6-5-7-18-15-24-21-9-4-3-8-20(18)21/h3-4,8-9,13-15,24H,5-7,10-12,16H2,1-2H3. The van der Waals surface area contributed by atoms with Crippen LogP contribution >= 0.6 is 0 Å². The topological polar surface area (TPSA) is 37.5 Å². The quantitative estimate of drug-likeness (QED) is 0.624. The van der Waals surface area contributed by atoms with Gasteiger partial charge in [-0.3, -0.25) is 4.90 Å². The molecule has 27 heavy (non-hydrogen) atoms. The third-order valence-electron chi connectivity index (χ3n) is 5.64. The van der Waals surface area contributed by atoms with Crippen molar-refractivity contribution in [3.05, 3.63) is 59.3 Å². The zero-order chi connectivity index (χ0) is 18.6. The molecular weight excluding hydrogens is 336 g/mol. The van der Waals surface area contributed by atoms with Crippen molar-refractivity contribution >= 4 is 10.9 Å². The number of hydrogen-bond acceptors (Lipinski definition) is 3. The number of benzene rings is 2. The molecule has 0 spiro atoms. The number of nitrogens with one attached hydrogen (secondary N) is 1. The third-order valence-corrected chi connectivity index (χ3v) is 5.64. The van der Waals surface area contributed by atoms with Crippen LogP contribution in [0.4, 0.5) is 0 Å². The highest BCUT2D eigenvalue weighted by atomic mass is 16.5. The van der Waals surface area contributed by atoms with Crippen LogP contribution in [0.3, 0.4) is 0 Å². The molecule has 0 saturated carbocycles. The smallest absolute Gasteiger partial charge is 0.161 e. The molecule has 2 aromatic carbocycles. The summed E-state index contributed by atoms with van der Waals surface area (Å²) in [5, 5.41) is 1.37. The Hall–Kier alpha value is -2.46. The molecule has 0 aliphatic carbocycles. The van der Waals surface area contributed by atoms with E-state index < -0.39 is 0 Å². The molecule has 3 aromatic rings. The number of H-pyrrole nitrogens is 1. The summed E-state index contributed by atoms with van der Waals surface area (Å²) in [7, 11) is 3.41. The van der Waals surface area contributed by atoms with E-state index in [-0.39, 0.29) is 0 Å². The van der Waals surface area contributed by atoms with Crippen molar-refractivity contribution in [3.63, 3.8) is 0 Å². The highest BCUT2D eigenvalue weighted by molar-refractivity contribution is 5.82. The fourth-order valence-electron chi connectivity index (χ4n) is 4.12. The summed E-state index contributed by atoms with van der Waals surface area (Å²) in [5.41, 5.74) is 5.44. The number of ether oxygens (including phenoxy) is 2. The largest absolute Gasteiger partial charge is 0.493 e. The molecule has 1 aromatic heterocycles. The van der Waals surface area contributed by atoms with Gasteiger partial charge in [0.2, 0.25) is 0 Å². The maximum atomic E-state index is 5.47. The zero-order valence-electron chi connectivity index (χ0n) is 16.3. The number of aryl methyl sites for hydroxylation is 1. The molecule has 1 N–H and O–H groups in total. The Balaban J connectivity index is 1.31. The average Bonchev–Trinajstić information content (AvgIpc) is 3.13. The Morgan fingerprint density at radius 2 is 1.78 bits per heavy atom. The van der Waals surface area contributed by atoms with Crippen LogP contribution in [0.15, 0.2) is 42.6 Å². The molecule has 1 aliphatic heterocycles. The lowest BCUT2D eigenvalue weighted by molar-refractivity contribution is 0.247. The Labute approximate surface area is 161 Å². The molecule has 0 saturated heterocycles. The summed E-state index contributed by atoms with van der Waals surface area (Å²) in [6.45, 7) is 3.27. The van der Waals surface area contributed by atoms with Crippen LogP contribution in [0.25, 0.3) is 10.9 Å². The van der Waals surface area contributed by atoms with E-state index in [0.717, 1.165) is 44.0 Å². The summed E-state index contributed by atoms with van der Waals surface area (Å²) in [6.07, 6.45) is 6.83. The van der Waals surface area contributed by atoms with Gasteiger partial charge in [-0.15, -0.1) is 0 Å². The molecule has 0 radical (unpaired) electrons. The monoisotopic (exact) mass is 364 g/mol. The number of nitrogens with zero attached hydrogens (tertiary/aromatic N) is 1. The number of aromatic amines is 1. The minimum absolute atomic E-state index is 0.831. The van der Waals surface area contributed by atoms with Crippen molar-refractivity contribution in [1.82, 2.24) is 9.88 Å². The molecule has 2 heterocycles. The van der Waals surface area contributed by atoms with Crippen molar-refractivity contribution in [1.29, 1.82) is 0 Å². The fourth-order valence-corrected chi connectivity index (χ4v) is 4.12. The van der Waals surface area contributed by atoms with Gasteiger partial charge in [0.25, 0.3) is 0 Å². The number of rotatable bonds is 7. The number of unbranched alkanes of at least 4 members (excludes halogenated alkanes) is 1. The van der Waals surface area contributed by atoms with Gasteiger partial charge in [0.05, 0.1) is 14.2 Å². The number of para-hydroxylation sites is 1. The first-order valence-electron chi connectivity index (χ1n) is 9.79. The molecule has 4 heteroatoms. The second kappa shape index (κ2) is 8.05. The van der Waals surface area contributed by atoms with Gasteiger partial charge in [0.15, 0.2) is 11.5 Å².